The van der Waals surface area contributed by atoms with Crippen LogP contribution in [-0.4, -0.2) is 62.1 Å². The molecule has 0 spiro atoms. The van der Waals surface area contributed by atoms with Gasteiger partial charge in [-0.1, -0.05) is 24.6 Å². The molecule has 1 N–H and O–H groups in total. The first-order valence-electron chi connectivity index (χ1n) is 10.7. The van der Waals surface area contributed by atoms with Gasteiger partial charge in [-0.3, -0.25) is 9.69 Å². The molecule has 2 aliphatic heterocycles. The molecule has 0 saturated carbocycles. The van der Waals surface area contributed by atoms with Gasteiger partial charge in [-0.15, -0.1) is 10.2 Å². The maximum absolute atomic E-state index is 13.0. The monoisotopic (exact) mass is 392 g/mol. The largest absolute Gasteiger partial charge is 0.361 e. The summed E-state index contributed by atoms with van der Waals surface area (Å²) in [6.45, 7) is 3.32. The Labute approximate surface area is 170 Å². The number of fused-ring (bicyclic) bond motifs is 2. The minimum absolute atomic E-state index is 0.185. The van der Waals surface area contributed by atoms with Crippen LogP contribution in [0.15, 0.2) is 30.5 Å². The van der Waals surface area contributed by atoms with Gasteiger partial charge in [0.1, 0.15) is 11.6 Å². The highest BCUT2D eigenvalue weighted by Crippen LogP contribution is 2.29. The van der Waals surface area contributed by atoms with E-state index in [0.29, 0.717) is 19.0 Å². The molecular weight excluding hydrogens is 364 g/mol. The van der Waals surface area contributed by atoms with Crippen molar-refractivity contribution in [1.82, 2.24) is 29.5 Å². The van der Waals surface area contributed by atoms with Crippen molar-refractivity contribution in [3.8, 4) is 0 Å². The average Bonchev–Trinajstić information content (AvgIpc) is 3.26. The van der Waals surface area contributed by atoms with E-state index in [-0.39, 0.29) is 5.91 Å². The molecule has 1 aromatic carbocycles. The Balaban J connectivity index is 1.30. The van der Waals surface area contributed by atoms with Crippen LogP contribution in [0.5, 0.6) is 0 Å². The van der Waals surface area contributed by atoms with Crippen molar-refractivity contribution in [1.29, 1.82) is 0 Å². The fraction of sp³-hybridized carbons (Fsp3) is 0.500. The molecule has 1 atom stereocenters. The molecule has 0 bridgehead atoms. The van der Waals surface area contributed by atoms with Crippen LogP contribution in [-0.2, 0) is 24.2 Å². The summed E-state index contributed by atoms with van der Waals surface area (Å²) in [4.78, 5) is 20.7. The smallest absolute Gasteiger partial charge is 0.227 e. The lowest BCUT2D eigenvalue weighted by Gasteiger charge is -2.32. The Morgan fingerprint density at radius 2 is 2.03 bits per heavy atom. The van der Waals surface area contributed by atoms with Crippen molar-refractivity contribution in [3.05, 3.63) is 47.7 Å². The third kappa shape index (κ3) is 3.44. The van der Waals surface area contributed by atoms with Gasteiger partial charge in [-0.2, -0.15) is 0 Å². The number of para-hydroxylation sites is 1. The van der Waals surface area contributed by atoms with Crippen LogP contribution in [0.1, 0.15) is 42.5 Å². The number of nitrogens with zero attached hydrogens (tertiary/aromatic N) is 5. The maximum Gasteiger partial charge on any atom is 0.227 e. The maximum atomic E-state index is 13.0. The summed E-state index contributed by atoms with van der Waals surface area (Å²) in [5.41, 5.74) is 2.15. The van der Waals surface area contributed by atoms with E-state index in [1.807, 2.05) is 29.3 Å². The molecule has 7 nitrogen and oxygen atoms in total. The molecule has 29 heavy (non-hydrogen) atoms. The SMILES string of the molecule is CN1CCCCC1c1nnc2n1CCN(C(=O)Cc1c[nH]c3ccccc13)CC2. The molecule has 0 aliphatic carbocycles. The standard InChI is InChI=1S/C22H28N6O/c1-26-10-5-4-8-19(26)22-25-24-20-9-11-27(12-13-28(20)22)21(29)14-16-15-23-18-7-3-2-6-17(16)18/h2-3,6-7,15,19,23H,4-5,8-14H2,1H3. The lowest BCUT2D eigenvalue weighted by atomic mass is 10.0. The number of aromatic nitrogens is 4. The van der Waals surface area contributed by atoms with Crippen molar-refractivity contribution in [2.45, 2.75) is 44.7 Å². The Kier molecular flexibility index (Phi) is 4.83. The third-order valence-electron chi connectivity index (χ3n) is 6.49. The summed E-state index contributed by atoms with van der Waals surface area (Å²) in [6, 6.07) is 8.50. The quantitative estimate of drug-likeness (QED) is 0.744. The Morgan fingerprint density at radius 3 is 2.93 bits per heavy atom. The van der Waals surface area contributed by atoms with Crippen molar-refractivity contribution in [3.63, 3.8) is 0 Å². The fourth-order valence-corrected chi connectivity index (χ4v) is 4.80. The molecule has 7 heteroatoms. The molecule has 5 rings (SSSR count). The van der Waals surface area contributed by atoms with Crippen molar-refractivity contribution in [2.75, 3.05) is 26.7 Å². The summed E-state index contributed by atoms with van der Waals surface area (Å²) < 4.78 is 2.27. The summed E-state index contributed by atoms with van der Waals surface area (Å²) in [5, 5.41) is 10.2. The minimum atomic E-state index is 0.185. The zero-order valence-corrected chi connectivity index (χ0v) is 17.0. The number of hydrogen-bond acceptors (Lipinski definition) is 4. The molecule has 1 amide bonds. The number of amides is 1. The number of likely N-dealkylation sites (tertiary alicyclic amines) is 1. The number of benzene rings is 1. The predicted molar refractivity (Wildman–Crippen MR) is 112 cm³/mol. The Bertz CT molecular complexity index is 1020. The van der Waals surface area contributed by atoms with Gasteiger partial charge in [0.15, 0.2) is 0 Å². The average molecular weight is 393 g/mol. The normalized spacial score (nSPS) is 20.6. The summed E-state index contributed by atoms with van der Waals surface area (Å²) >= 11 is 0. The van der Waals surface area contributed by atoms with Crippen molar-refractivity contribution in [2.24, 2.45) is 0 Å². The van der Waals surface area contributed by atoms with Gasteiger partial charge >= 0.3 is 0 Å². The highest BCUT2D eigenvalue weighted by Gasteiger charge is 2.29. The zero-order valence-electron chi connectivity index (χ0n) is 17.0. The molecule has 3 aromatic rings. The van der Waals surface area contributed by atoms with E-state index in [9.17, 15) is 4.79 Å². The van der Waals surface area contributed by atoms with Crippen LogP contribution in [0.4, 0.5) is 0 Å². The third-order valence-corrected chi connectivity index (χ3v) is 6.49. The summed E-state index contributed by atoms with van der Waals surface area (Å²) in [5.74, 6) is 2.28. The van der Waals surface area contributed by atoms with Crippen LogP contribution in [0.3, 0.4) is 0 Å². The van der Waals surface area contributed by atoms with Gasteiger partial charge in [0, 0.05) is 43.2 Å². The number of rotatable bonds is 3. The van der Waals surface area contributed by atoms with Crippen molar-refractivity contribution < 1.29 is 4.79 Å². The zero-order chi connectivity index (χ0) is 19.8. The van der Waals surface area contributed by atoms with E-state index in [1.54, 1.807) is 0 Å². The van der Waals surface area contributed by atoms with E-state index >= 15 is 0 Å². The molecule has 4 heterocycles. The number of carbonyl (C=O) groups is 1. The van der Waals surface area contributed by atoms with Gasteiger partial charge in [-0.25, -0.2) is 0 Å². The van der Waals surface area contributed by atoms with E-state index in [1.165, 1.54) is 12.8 Å². The number of aromatic amines is 1. The number of piperidine rings is 1. The van der Waals surface area contributed by atoms with Crippen LogP contribution in [0, 0.1) is 0 Å². The number of hydrogen-bond donors (Lipinski definition) is 1. The molecule has 0 radical (unpaired) electrons. The van der Waals surface area contributed by atoms with E-state index in [2.05, 4.69) is 37.8 Å². The van der Waals surface area contributed by atoms with Gasteiger partial charge in [-0.05, 0) is 38.1 Å². The fourth-order valence-electron chi connectivity index (χ4n) is 4.80. The molecule has 2 aliphatic rings. The van der Waals surface area contributed by atoms with Gasteiger partial charge in [0.2, 0.25) is 5.91 Å². The van der Waals surface area contributed by atoms with Crippen LogP contribution >= 0.6 is 0 Å². The Hall–Kier alpha value is -2.67. The molecular formula is C22H28N6O. The predicted octanol–water partition coefficient (Wildman–Crippen LogP) is 2.54. The second-order valence-corrected chi connectivity index (χ2v) is 8.29. The van der Waals surface area contributed by atoms with Crippen LogP contribution < -0.4 is 0 Å². The highest BCUT2D eigenvalue weighted by atomic mass is 16.2. The summed E-state index contributed by atoms with van der Waals surface area (Å²) in [7, 11) is 2.18. The van der Waals surface area contributed by atoms with E-state index in [4.69, 9.17) is 0 Å². The first-order chi connectivity index (χ1) is 14.2. The minimum Gasteiger partial charge on any atom is -0.361 e. The summed E-state index contributed by atoms with van der Waals surface area (Å²) in [6.07, 6.45) is 6.80. The van der Waals surface area contributed by atoms with Crippen molar-refractivity contribution >= 4 is 16.8 Å². The van der Waals surface area contributed by atoms with Gasteiger partial charge in [0.05, 0.1) is 12.5 Å². The second kappa shape index (κ2) is 7.63. The van der Waals surface area contributed by atoms with Crippen LogP contribution in [0.2, 0.25) is 0 Å². The van der Waals surface area contributed by atoms with Gasteiger partial charge in [0.25, 0.3) is 0 Å². The first kappa shape index (κ1) is 18.4. The molecule has 1 fully saturated rings. The topological polar surface area (TPSA) is 70.1 Å². The lowest BCUT2D eigenvalue weighted by molar-refractivity contribution is -0.130. The second-order valence-electron chi connectivity index (χ2n) is 8.29. The number of H-pyrrole nitrogens is 1. The van der Waals surface area contributed by atoms with Crippen LogP contribution in [0.25, 0.3) is 10.9 Å². The molecule has 1 saturated heterocycles. The van der Waals surface area contributed by atoms with Gasteiger partial charge < -0.3 is 14.5 Å². The Morgan fingerprint density at radius 1 is 1.14 bits per heavy atom. The number of nitrogens with one attached hydrogen (secondary N) is 1. The lowest BCUT2D eigenvalue weighted by Crippen LogP contribution is -2.35. The van der Waals surface area contributed by atoms with E-state index in [0.717, 1.165) is 60.6 Å². The highest BCUT2D eigenvalue weighted by molar-refractivity contribution is 5.88. The first-order valence-corrected chi connectivity index (χ1v) is 10.7. The van der Waals surface area contributed by atoms with E-state index < -0.39 is 0 Å². The molecule has 152 valence electrons. The molecule has 2 aromatic heterocycles. The molecule has 1 unspecified atom stereocenters. The number of carbonyl (C=O) groups excluding carboxylic acids is 1.